The summed E-state index contributed by atoms with van der Waals surface area (Å²) >= 11 is 0. The lowest BCUT2D eigenvalue weighted by atomic mass is 10.3. The van der Waals surface area contributed by atoms with Gasteiger partial charge in [0.25, 0.3) is 0 Å². The van der Waals surface area contributed by atoms with Crippen molar-refractivity contribution in [1.29, 1.82) is 0 Å². The molecule has 1 aromatic rings. The van der Waals surface area contributed by atoms with Crippen LogP contribution in [-0.2, 0) is 0 Å². The first-order valence-electron chi connectivity index (χ1n) is 3.67. The number of hydrogen-bond donors (Lipinski definition) is 2. The Kier molecular flexibility index (Phi) is 1.83. The fourth-order valence-electron chi connectivity index (χ4n) is 0.830. The van der Waals surface area contributed by atoms with Crippen LogP contribution in [0.4, 0.5) is 5.69 Å². The van der Waals surface area contributed by atoms with E-state index < -0.39 is 12.0 Å². The predicted molar refractivity (Wildman–Crippen MR) is 44.7 cm³/mol. The molecular weight excluding hydrogens is 168 g/mol. The van der Waals surface area contributed by atoms with Gasteiger partial charge >= 0.3 is 6.17 Å². The van der Waals surface area contributed by atoms with E-state index in [1.54, 1.807) is 0 Å². The van der Waals surface area contributed by atoms with Crippen molar-refractivity contribution >= 4 is 5.69 Å². The Balaban J connectivity index is 3.39. The van der Waals surface area contributed by atoms with Crippen molar-refractivity contribution in [2.24, 2.45) is 0 Å². The van der Waals surface area contributed by atoms with Crippen LogP contribution < -0.4 is 0 Å². The number of nitrogens with one attached hydrogen (secondary N) is 1. The van der Waals surface area contributed by atoms with Gasteiger partial charge in [0.2, 0.25) is 5.69 Å². The highest BCUT2D eigenvalue weighted by atomic mass is 16.3. The van der Waals surface area contributed by atoms with E-state index in [0.29, 0.717) is 0 Å². The number of nitrogens with zero attached hydrogens (tertiary/aromatic N) is 3. The first-order chi connectivity index (χ1) is 6.65. The summed E-state index contributed by atoms with van der Waals surface area (Å²) in [5.74, 6) is -0.483. The molecule has 0 fully saturated rings. The quantitative estimate of drug-likeness (QED) is 0.628. The van der Waals surface area contributed by atoms with Crippen LogP contribution >= 0.6 is 0 Å². The molecule has 0 saturated heterocycles. The molecule has 5 heteroatoms. The van der Waals surface area contributed by atoms with E-state index in [4.69, 9.17) is 26.2 Å². The number of aromatic amines is 1. The third-order valence-corrected chi connectivity index (χ3v) is 1.36. The number of hydrogen-bond acceptors (Lipinski definition) is 1. The first kappa shape index (κ1) is 7.21. The Morgan fingerprint density at radius 2 is 2.08 bits per heavy atom. The van der Waals surface area contributed by atoms with E-state index in [-0.39, 0.29) is 17.4 Å². The largest absolute Gasteiger partial charge is 0.507 e. The molecule has 0 unspecified atom stereocenters. The summed E-state index contributed by atoms with van der Waals surface area (Å²) < 4.78 is 7.26. The smallest absolute Gasteiger partial charge is 0.495 e. The zero-order valence-corrected chi connectivity index (χ0v) is 6.37. The lowest BCUT2D eigenvalue weighted by molar-refractivity contribution is 0.455. The highest BCUT2D eigenvalue weighted by Gasteiger charge is 2.26. The lowest BCUT2D eigenvalue weighted by Crippen LogP contribution is -1.86. The van der Waals surface area contributed by atoms with Gasteiger partial charge in [-0.1, -0.05) is 0 Å². The zero-order chi connectivity index (χ0) is 10.7. The molecule has 1 heterocycles. The average Bonchev–Trinajstić information content (AvgIpc) is 2.45. The Morgan fingerprint density at radius 3 is 2.54 bits per heavy atom. The van der Waals surface area contributed by atoms with Crippen LogP contribution in [0.25, 0.3) is 14.5 Å². The van der Waals surface area contributed by atoms with Crippen molar-refractivity contribution < 1.29 is 6.48 Å². The summed E-state index contributed by atoms with van der Waals surface area (Å²) in [6.45, 7) is 20.1. The minimum Gasteiger partial charge on any atom is -0.495 e. The molecule has 0 saturated carbocycles. The Bertz CT molecular complexity index is 471. The van der Waals surface area contributed by atoms with E-state index in [0.717, 1.165) is 0 Å². The van der Waals surface area contributed by atoms with Crippen LogP contribution in [0.5, 0.6) is 5.88 Å². The molecule has 0 radical (unpaired) electrons. The lowest BCUT2D eigenvalue weighted by Gasteiger charge is -1.88. The molecule has 2 N–H and O–H groups in total. The van der Waals surface area contributed by atoms with E-state index in [9.17, 15) is 0 Å². The number of aromatic hydroxyl groups is 1. The Labute approximate surface area is 76.1 Å². The third kappa shape index (κ3) is 1.42. The SMILES string of the molecule is [2H]c1c(O)[nH]c(C([N+]#[C-])[N+]#[C-])c1[N+]#[C-]. The van der Waals surface area contributed by atoms with Crippen molar-refractivity contribution in [3.05, 3.63) is 46.0 Å². The number of rotatable bonds is 1. The van der Waals surface area contributed by atoms with Crippen molar-refractivity contribution in [3.63, 3.8) is 0 Å². The molecule has 0 aliphatic heterocycles. The van der Waals surface area contributed by atoms with Gasteiger partial charge in [-0.05, 0) is 0 Å². The summed E-state index contributed by atoms with van der Waals surface area (Å²) in [5, 5.41) is 9.10. The van der Waals surface area contributed by atoms with Crippen molar-refractivity contribution in [3.8, 4) is 5.88 Å². The maximum absolute atomic E-state index is 9.10. The molecular formula is C8H4N4O. The minimum atomic E-state index is -1.19. The molecule has 5 nitrogen and oxygen atoms in total. The second kappa shape index (κ2) is 3.30. The fraction of sp³-hybridized carbons (Fsp3) is 0.125. The van der Waals surface area contributed by atoms with Crippen LogP contribution in [0.2, 0.25) is 0 Å². The van der Waals surface area contributed by atoms with Gasteiger partial charge in [-0.15, -0.1) is 0 Å². The molecule has 0 atom stereocenters. The van der Waals surface area contributed by atoms with Gasteiger partial charge in [0.1, 0.15) is 0 Å². The highest BCUT2D eigenvalue weighted by Crippen LogP contribution is 2.31. The van der Waals surface area contributed by atoms with Gasteiger partial charge in [-0.25, -0.2) is 27.7 Å². The van der Waals surface area contributed by atoms with Gasteiger partial charge in [-0.3, -0.25) is 0 Å². The van der Waals surface area contributed by atoms with Crippen molar-refractivity contribution in [2.45, 2.75) is 6.17 Å². The molecule has 13 heavy (non-hydrogen) atoms. The Hall–Kier alpha value is -2.45. The molecule has 62 valence electrons. The van der Waals surface area contributed by atoms with E-state index in [1.807, 2.05) is 0 Å². The van der Waals surface area contributed by atoms with Gasteiger partial charge in [0.15, 0.2) is 11.6 Å². The van der Waals surface area contributed by atoms with Crippen LogP contribution in [-0.4, -0.2) is 10.1 Å². The van der Waals surface area contributed by atoms with E-state index in [2.05, 4.69) is 19.5 Å². The summed E-state index contributed by atoms with van der Waals surface area (Å²) in [6, 6.07) is -0.368. The third-order valence-electron chi connectivity index (χ3n) is 1.36. The molecule has 0 aliphatic carbocycles. The van der Waals surface area contributed by atoms with Crippen LogP contribution in [0.3, 0.4) is 0 Å². The molecule has 1 aromatic heterocycles. The summed E-state index contributed by atoms with van der Waals surface area (Å²) in [5.41, 5.74) is -0.174. The molecule has 1 rings (SSSR count). The second-order valence-electron chi connectivity index (χ2n) is 2.10. The monoisotopic (exact) mass is 173 g/mol. The number of aromatic nitrogens is 1. The molecule has 0 spiro atoms. The minimum absolute atomic E-state index is 0.00694. The highest BCUT2D eigenvalue weighted by molar-refractivity contribution is 5.55. The van der Waals surface area contributed by atoms with Gasteiger partial charge in [0.05, 0.1) is 7.94 Å². The maximum Gasteiger partial charge on any atom is 0.507 e. The van der Waals surface area contributed by atoms with Crippen LogP contribution in [0.15, 0.2) is 6.04 Å². The predicted octanol–water partition coefficient (Wildman–Crippen LogP) is 2.11. The van der Waals surface area contributed by atoms with Crippen molar-refractivity contribution in [1.82, 2.24) is 4.98 Å². The average molecular weight is 173 g/mol. The first-order valence-corrected chi connectivity index (χ1v) is 3.17. The van der Waals surface area contributed by atoms with Gasteiger partial charge in [-0.2, -0.15) is 0 Å². The molecule has 0 aromatic carbocycles. The standard InChI is InChI=1S/C8H4N4O/c1-9-5-4-6(13)12-7(5)8(10-2)11-3/h4,8,12-13H/i4D. The molecule has 0 aliphatic rings. The molecule has 0 bridgehead atoms. The van der Waals surface area contributed by atoms with Crippen molar-refractivity contribution in [2.75, 3.05) is 0 Å². The summed E-state index contributed by atoms with van der Waals surface area (Å²) in [7, 11) is 0. The second-order valence-corrected chi connectivity index (χ2v) is 2.10. The van der Waals surface area contributed by atoms with Gasteiger partial charge in [0, 0.05) is 6.04 Å². The van der Waals surface area contributed by atoms with Gasteiger partial charge < -0.3 is 10.1 Å². The Morgan fingerprint density at radius 1 is 1.46 bits per heavy atom. The van der Waals surface area contributed by atoms with E-state index in [1.165, 1.54) is 0 Å². The van der Waals surface area contributed by atoms with Crippen LogP contribution in [0.1, 0.15) is 13.2 Å². The number of H-pyrrole nitrogens is 1. The summed E-state index contributed by atoms with van der Waals surface area (Å²) in [6.07, 6.45) is -1.19. The maximum atomic E-state index is 9.10. The topological polar surface area (TPSA) is 49.1 Å². The summed E-state index contributed by atoms with van der Waals surface area (Å²) in [4.78, 5) is 11.2. The van der Waals surface area contributed by atoms with Crippen LogP contribution in [0, 0.1) is 19.7 Å². The molecule has 0 amide bonds. The normalized spacial score (nSPS) is 9.85. The fourth-order valence-corrected chi connectivity index (χ4v) is 0.830. The van der Waals surface area contributed by atoms with E-state index >= 15 is 0 Å². The zero-order valence-electron chi connectivity index (χ0n) is 7.37.